The van der Waals surface area contributed by atoms with Crippen molar-refractivity contribution >= 4 is 27.5 Å². The van der Waals surface area contributed by atoms with Gasteiger partial charge in [0.25, 0.3) is 10.0 Å². The predicted molar refractivity (Wildman–Crippen MR) is 178 cm³/mol. The zero-order valence-corrected chi connectivity index (χ0v) is 27.3. The summed E-state index contributed by atoms with van der Waals surface area (Å²) in [5, 5.41) is 2.96. The lowest BCUT2D eigenvalue weighted by Crippen LogP contribution is -2.52. The molecule has 1 N–H and O–H groups in total. The van der Waals surface area contributed by atoms with Gasteiger partial charge in [0.05, 0.1) is 10.6 Å². The molecule has 0 aliphatic heterocycles. The normalized spacial score (nSPS) is 12.6. The van der Waals surface area contributed by atoms with E-state index in [1.54, 1.807) is 43.3 Å². The smallest absolute Gasteiger partial charge is 0.264 e. The maximum Gasteiger partial charge on any atom is 0.264 e. The van der Waals surface area contributed by atoms with Gasteiger partial charge in [-0.15, -0.1) is 0 Å². The van der Waals surface area contributed by atoms with Crippen molar-refractivity contribution < 1.29 is 22.7 Å². The van der Waals surface area contributed by atoms with Gasteiger partial charge in [0, 0.05) is 12.6 Å². The number of para-hydroxylation sites is 1. The molecule has 0 saturated heterocycles. The van der Waals surface area contributed by atoms with Crippen LogP contribution in [0.2, 0.25) is 0 Å². The van der Waals surface area contributed by atoms with Crippen LogP contribution in [0.1, 0.15) is 43.9 Å². The lowest BCUT2D eigenvalue weighted by atomic mass is 10.1. The summed E-state index contributed by atoms with van der Waals surface area (Å²) in [7, 11) is -4.18. The van der Waals surface area contributed by atoms with E-state index in [0.717, 1.165) is 27.4 Å². The molecule has 236 valence electrons. The van der Waals surface area contributed by atoms with Crippen LogP contribution in [0.3, 0.4) is 0 Å². The van der Waals surface area contributed by atoms with E-state index in [9.17, 15) is 18.0 Å². The fraction of sp³-hybridized carbons (Fsp3) is 0.278. The molecule has 0 saturated carbocycles. The number of anilines is 1. The summed E-state index contributed by atoms with van der Waals surface area (Å²) in [6, 6.07) is 29.0. The van der Waals surface area contributed by atoms with Crippen molar-refractivity contribution in [2.45, 2.75) is 64.6 Å². The van der Waals surface area contributed by atoms with Gasteiger partial charge in [-0.25, -0.2) is 8.42 Å². The molecule has 2 amide bonds. The Morgan fingerprint density at radius 3 is 2.02 bits per heavy atom. The van der Waals surface area contributed by atoms with Crippen molar-refractivity contribution in [1.29, 1.82) is 0 Å². The molecule has 4 aromatic carbocycles. The summed E-state index contributed by atoms with van der Waals surface area (Å²) in [5.41, 5.74) is 3.02. The molecule has 4 rings (SSSR count). The minimum Gasteiger partial charge on any atom is -0.457 e. The minimum absolute atomic E-state index is 0.0542. The van der Waals surface area contributed by atoms with Gasteiger partial charge in [-0.05, 0) is 93.8 Å². The third-order valence-electron chi connectivity index (χ3n) is 7.76. The topological polar surface area (TPSA) is 96.0 Å². The molecule has 8 nitrogen and oxygen atoms in total. The molecule has 0 aliphatic rings. The number of aryl methyl sites for hydroxylation is 2. The number of nitrogens with one attached hydrogen (secondary N) is 1. The zero-order chi connectivity index (χ0) is 32.6. The number of hydrogen-bond donors (Lipinski definition) is 1. The maximum absolute atomic E-state index is 14.2. The van der Waals surface area contributed by atoms with Crippen molar-refractivity contribution in [3.63, 3.8) is 0 Å². The Balaban J connectivity index is 1.71. The molecule has 0 aliphatic carbocycles. The molecule has 45 heavy (non-hydrogen) atoms. The van der Waals surface area contributed by atoms with Crippen LogP contribution in [0.25, 0.3) is 0 Å². The molecule has 0 spiro atoms. The number of hydrogen-bond acceptors (Lipinski definition) is 5. The first-order valence-electron chi connectivity index (χ1n) is 15.1. The third-order valence-corrected chi connectivity index (χ3v) is 9.55. The van der Waals surface area contributed by atoms with Gasteiger partial charge in [-0.1, -0.05) is 67.1 Å². The second-order valence-corrected chi connectivity index (χ2v) is 13.0. The van der Waals surface area contributed by atoms with Crippen LogP contribution in [0.15, 0.2) is 108 Å². The summed E-state index contributed by atoms with van der Waals surface area (Å²) in [4.78, 5) is 29.0. The Labute approximate surface area is 266 Å². The van der Waals surface area contributed by atoms with E-state index >= 15 is 0 Å². The first-order chi connectivity index (χ1) is 21.5. The molecule has 0 bridgehead atoms. The Morgan fingerprint density at radius 1 is 0.800 bits per heavy atom. The Hall–Kier alpha value is -4.63. The van der Waals surface area contributed by atoms with Gasteiger partial charge in [-0.2, -0.15) is 0 Å². The van der Waals surface area contributed by atoms with E-state index in [0.29, 0.717) is 11.5 Å². The molecule has 0 heterocycles. The number of carbonyl (C=O) groups excluding carboxylic acids is 2. The highest BCUT2D eigenvalue weighted by molar-refractivity contribution is 7.92. The van der Waals surface area contributed by atoms with Gasteiger partial charge in [-0.3, -0.25) is 13.9 Å². The number of amides is 2. The van der Waals surface area contributed by atoms with Crippen molar-refractivity contribution in [1.82, 2.24) is 10.2 Å². The molecule has 0 fully saturated rings. The average Bonchev–Trinajstić information content (AvgIpc) is 3.03. The molecule has 0 radical (unpaired) electrons. The third kappa shape index (κ3) is 8.51. The van der Waals surface area contributed by atoms with Crippen LogP contribution in [-0.4, -0.2) is 43.8 Å². The van der Waals surface area contributed by atoms with Gasteiger partial charge >= 0.3 is 0 Å². The molecular weight excluding hydrogens is 586 g/mol. The highest BCUT2D eigenvalue weighted by atomic mass is 32.2. The largest absolute Gasteiger partial charge is 0.457 e. The lowest BCUT2D eigenvalue weighted by Gasteiger charge is -2.32. The van der Waals surface area contributed by atoms with E-state index < -0.39 is 28.5 Å². The van der Waals surface area contributed by atoms with Gasteiger partial charge in [0.1, 0.15) is 24.1 Å². The highest BCUT2D eigenvalue weighted by Gasteiger charge is 2.33. The second kappa shape index (κ2) is 14.9. The van der Waals surface area contributed by atoms with E-state index in [2.05, 4.69) is 5.32 Å². The summed E-state index contributed by atoms with van der Waals surface area (Å²) >= 11 is 0. The van der Waals surface area contributed by atoms with Gasteiger partial charge in [0.15, 0.2) is 0 Å². The van der Waals surface area contributed by atoms with E-state index in [1.807, 2.05) is 82.3 Å². The number of rotatable bonds is 13. The maximum atomic E-state index is 14.2. The summed E-state index contributed by atoms with van der Waals surface area (Å²) in [6.45, 7) is 8.98. The molecule has 0 unspecified atom stereocenters. The first-order valence-corrected chi connectivity index (χ1v) is 16.5. The van der Waals surface area contributed by atoms with Crippen molar-refractivity contribution in [3.05, 3.63) is 120 Å². The predicted octanol–water partition coefficient (Wildman–Crippen LogP) is 6.62. The molecule has 9 heteroatoms. The minimum atomic E-state index is -4.18. The van der Waals surface area contributed by atoms with Crippen LogP contribution in [0, 0.1) is 13.8 Å². The quantitative estimate of drug-likeness (QED) is 0.180. The van der Waals surface area contributed by atoms with Gasteiger partial charge < -0.3 is 15.0 Å². The number of nitrogens with zero attached hydrogens (tertiary/aromatic N) is 2. The Morgan fingerprint density at radius 2 is 1.40 bits per heavy atom. The lowest BCUT2D eigenvalue weighted by molar-refractivity contribution is -0.139. The molecule has 0 aromatic heterocycles. The van der Waals surface area contributed by atoms with Crippen molar-refractivity contribution in [2.24, 2.45) is 0 Å². The highest BCUT2D eigenvalue weighted by Crippen LogP contribution is 2.29. The first kappa shape index (κ1) is 33.3. The SMILES string of the molecule is CC[C@H](C)NC(=O)[C@@H](C)N(Cc1ccccc1C)C(=O)CN(c1ccc(Oc2ccccc2)cc1)S(=O)(=O)c1ccc(C)cc1. The number of ether oxygens (including phenoxy) is 1. The molecule has 4 aromatic rings. The Bertz CT molecular complexity index is 1690. The zero-order valence-electron chi connectivity index (χ0n) is 26.4. The summed E-state index contributed by atoms with van der Waals surface area (Å²) < 4.78 is 35.2. The second-order valence-electron chi connectivity index (χ2n) is 11.2. The van der Waals surface area contributed by atoms with E-state index in [-0.39, 0.29) is 29.1 Å². The fourth-order valence-corrected chi connectivity index (χ4v) is 6.10. The standard InChI is InChI=1S/C36H41N3O5S/c1-6-28(4)37-36(41)29(5)38(24-30-13-11-10-12-27(30)3)35(40)25-39(45(42,43)34-22-16-26(2)17-23-34)31-18-20-33(21-19-31)44-32-14-8-7-9-15-32/h7-23,28-29H,6,24-25H2,1-5H3,(H,37,41)/t28-,29+/m0/s1. The summed E-state index contributed by atoms with van der Waals surface area (Å²) in [5.74, 6) is 0.341. The van der Waals surface area contributed by atoms with Crippen LogP contribution in [0.5, 0.6) is 11.5 Å². The number of carbonyl (C=O) groups is 2. The molecular formula is C36H41N3O5S. The number of benzene rings is 4. The van der Waals surface area contributed by atoms with Crippen molar-refractivity contribution in [2.75, 3.05) is 10.8 Å². The van der Waals surface area contributed by atoms with E-state index in [4.69, 9.17) is 4.74 Å². The van der Waals surface area contributed by atoms with Crippen LogP contribution in [-0.2, 0) is 26.2 Å². The van der Waals surface area contributed by atoms with Crippen LogP contribution in [0.4, 0.5) is 5.69 Å². The molecule has 2 atom stereocenters. The van der Waals surface area contributed by atoms with Crippen LogP contribution < -0.4 is 14.4 Å². The fourth-order valence-electron chi connectivity index (χ4n) is 4.69. The Kier molecular flexibility index (Phi) is 11.0. The number of sulfonamides is 1. The average molecular weight is 628 g/mol. The van der Waals surface area contributed by atoms with Gasteiger partial charge in [0.2, 0.25) is 11.8 Å². The van der Waals surface area contributed by atoms with E-state index in [1.165, 1.54) is 17.0 Å². The monoisotopic (exact) mass is 627 g/mol. The summed E-state index contributed by atoms with van der Waals surface area (Å²) in [6.07, 6.45) is 0.733. The van der Waals surface area contributed by atoms with Crippen molar-refractivity contribution in [3.8, 4) is 11.5 Å². The van der Waals surface area contributed by atoms with Crippen LogP contribution >= 0.6 is 0 Å².